The van der Waals surface area contributed by atoms with Crippen molar-refractivity contribution in [2.75, 3.05) is 27.4 Å². The molecule has 0 atom stereocenters. The number of hydrogen-bond donors (Lipinski definition) is 2. The van der Waals surface area contributed by atoms with Crippen LogP contribution >= 0.6 is 12.8 Å². The summed E-state index contributed by atoms with van der Waals surface area (Å²) in [6.45, 7) is 4.38. The molecule has 37 heavy (non-hydrogen) atoms. The molecule has 3 rings (SSSR count). The van der Waals surface area contributed by atoms with Gasteiger partial charge in [-0.3, -0.25) is 8.70 Å². The molecule has 0 bridgehead atoms. The Bertz CT molecular complexity index is 1230. The Hall–Kier alpha value is -3.83. The largest absolute Gasteiger partial charge is 0.480 e. The molecule has 2 N–H and O–H groups in total. The minimum atomic E-state index is -1.00. The van der Waals surface area contributed by atoms with Crippen molar-refractivity contribution in [3.8, 4) is 28.6 Å². The molecule has 3 aromatic rings. The van der Waals surface area contributed by atoms with Crippen LogP contribution in [0.5, 0.6) is 5.88 Å². The maximum absolute atomic E-state index is 14.8. The van der Waals surface area contributed by atoms with Gasteiger partial charge in [-0.05, 0) is 44.9 Å². The van der Waals surface area contributed by atoms with Gasteiger partial charge in [0.1, 0.15) is 17.2 Å². The SMILES string of the molecule is CF.COc1cnc(-c2cc(-c3ccc(F)c(C(C)(C)N=C(N)N(S)CCCCN=C=O)c3)on2)cn1. The lowest BCUT2D eigenvalue weighted by molar-refractivity contribution is 0.395. The highest BCUT2D eigenvalue weighted by Crippen LogP contribution is 2.33. The quantitative estimate of drug-likeness (QED) is 0.129. The maximum atomic E-state index is 14.8. The second-order valence-corrected chi connectivity index (χ2v) is 8.53. The lowest BCUT2D eigenvalue weighted by Crippen LogP contribution is -2.34. The third kappa shape index (κ3) is 8.09. The van der Waals surface area contributed by atoms with Gasteiger partial charge in [0, 0.05) is 23.7 Å². The zero-order chi connectivity index (χ0) is 27.4. The number of carbonyl (C=O) groups excluding carboxylic acids is 1. The van der Waals surface area contributed by atoms with E-state index in [0.717, 1.165) is 0 Å². The number of halogens is 2. The summed E-state index contributed by atoms with van der Waals surface area (Å²) in [5.41, 5.74) is 7.03. The highest BCUT2D eigenvalue weighted by molar-refractivity contribution is 7.78. The zero-order valence-electron chi connectivity index (χ0n) is 21.0. The van der Waals surface area contributed by atoms with Crippen molar-refractivity contribution in [3.63, 3.8) is 0 Å². The van der Waals surface area contributed by atoms with Crippen LogP contribution in [-0.2, 0) is 10.3 Å². The van der Waals surface area contributed by atoms with Crippen molar-refractivity contribution in [3.05, 3.63) is 48.0 Å². The summed E-state index contributed by atoms with van der Waals surface area (Å²) in [6.07, 6.45) is 5.88. The minimum absolute atomic E-state index is 0.141. The normalized spacial score (nSPS) is 11.3. The summed E-state index contributed by atoms with van der Waals surface area (Å²) in [7, 11) is 2.00. The predicted molar refractivity (Wildman–Crippen MR) is 139 cm³/mol. The Morgan fingerprint density at radius 2 is 1.97 bits per heavy atom. The number of aromatic nitrogens is 3. The van der Waals surface area contributed by atoms with Gasteiger partial charge in [-0.2, -0.15) is 0 Å². The third-order valence-electron chi connectivity index (χ3n) is 5.13. The Labute approximate surface area is 219 Å². The zero-order valence-corrected chi connectivity index (χ0v) is 21.9. The van der Waals surface area contributed by atoms with Crippen LogP contribution in [0, 0.1) is 5.82 Å². The monoisotopic (exact) mass is 533 g/mol. The molecule has 0 unspecified atom stereocenters. The summed E-state index contributed by atoms with van der Waals surface area (Å²) in [5.74, 6) is 0.519. The van der Waals surface area contributed by atoms with Crippen molar-refractivity contribution in [2.24, 2.45) is 15.7 Å². The van der Waals surface area contributed by atoms with E-state index in [2.05, 4.69) is 37.9 Å². The fourth-order valence-corrected chi connectivity index (χ4v) is 3.44. The molecule has 0 saturated heterocycles. The van der Waals surface area contributed by atoms with Crippen molar-refractivity contribution in [2.45, 2.75) is 32.2 Å². The maximum Gasteiger partial charge on any atom is 0.234 e. The van der Waals surface area contributed by atoms with Crippen molar-refractivity contribution >= 4 is 24.9 Å². The molecule has 0 amide bonds. The molecule has 0 aliphatic rings. The number of methoxy groups -OCH3 is 1. The molecule has 2 heterocycles. The first-order valence-electron chi connectivity index (χ1n) is 11.1. The van der Waals surface area contributed by atoms with Gasteiger partial charge in [-0.1, -0.05) is 18.0 Å². The van der Waals surface area contributed by atoms with E-state index in [4.69, 9.17) is 15.0 Å². The van der Waals surface area contributed by atoms with E-state index in [1.165, 1.54) is 36.0 Å². The van der Waals surface area contributed by atoms with Gasteiger partial charge in [-0.15, -0.1) is 0 Å². The highest BCUT2D eigenvalue weighted by atomic mass is 32.1. The van der Waals surface area contributed by atoms with E-state index in [-0.39, 0.29) is 5.96 Å². The summed E-state index contributed by atoms with van der Waals surface area (Å²) in [5, 5.41) is 4.05. The first kappa shape index (κ1) is 29.4. The number of alkyl halides is 1. The lowest BCUT2D eigenvalue weighted by atomic mass is 9.92. The number of unbranched alkanes of at least 4 members (excludes halogenated alkanes) is 1. The average Bonchev–Trinajstić information content (AvgIpc) is 3.40. The first-order valence-corrected chi connectivity index (χ1v) is 11.5. The number of benzene rings is 1. The molecule has 0 saturated carbocycles. The predicted octanol–water partition coefficient (Wildman–Crippen LogP) is 4.34. The molecular formula is C24H29F2N7O3S. The number of guanidine groups is 1. The fourth-order valence-electron chi connectivity index (χ4n) is 3.25. The average molecular weight is 534 g/mol. The molecule has 1 aromatic carbocycles. The number of hydrogen-bond acceptors (Lipinski definition) is 9. The third-order valence-corrected chi connectivity index (χ3v) is 5.54. The number of rotatable bonds is 10. The Kier molecular flexibility index (Phi) is 11.2. The number of thiol groups is 1. The van der Waals surface area contributed by atoms with Gasteiger partial charge < -0.3 is 15.0 Å². The first-order chi connectivity index (χ1) is 17.7. The van der Waals surface area contributed by atoms with Crippen LogP contribution in [0.4, 0.5) is 8.78 Å². The fraction of sp³-hybridized carbons (Fsp3) is 0.375. The molecule has 0 radical (unpaired) electrons. The van der Waals surface area contributed by atoms with Crippen LogP contribution < -0.4 is 10.5 Å². The minimum Gasteiger partial charge on any atom is -0.480 e. The molecule has 0 fully saturated rings. The summed E-state index contributed by atoms with van der Waals surface area (Å²) >= 11 is 4.36. The second-order valence-electron chi connectivity index (χ2n) is 8.05. The Balaban J connectivity index is 0.00000235. The van der Waals surface area contributed by atoms with Gasteiger partial charge in [0.15, 0.2) is 5.76 Å². The number of nitrogens with zero attached hydrogens (tertiary/aromatic N) is 6. The van der Waals surface area contributed by atoms with Crippen LogP contribution in [-0.4, -0.2) is 58.8 Å². The number of nitrogens with two attached hydrogens (primary N) is 1. The Morgan fingerprint density at radius 3 is 2.62 bits per heavy atom. The Morgan fingerprint density at radius 1 is 1.22 bits per heavy atom. The van der Waals surface area contributed by atoms with Crippen LogP contribution in [0.25, 0.3) is 22.7 Å². The van der Waals surface area contributed by atoms with Crippen molar-refractivity contribution in [1.82, 2.24) is 19.4 Å². The van der Waals surface area contributed by atoms with Gasteiger partial charge in [0.2, 0.25) is 17.9 Å². The smallest absolute Gasteiger partial charge is 0.234 e. The van der Waals surface area contributed by atoms with Crippen molar-refractivity contribution < 1.29 is 22.8 Å². The van der Waals surface area contributed by atoms with E-state index in [0.29, 0.717) is 67.3 Å². The number of aliphatic imine (C=N–C) groups is 2. The molecule has 13 heteroatoms. The molecule has 2 aromatic heterocycles. The molecule has 0 aliphatic carbocycles. The van der Waals surface area contributed by atoms with Gasteiger partial charge in [0.25, 0.3) is 0 Å². The number of isocyanates is 1. The van der Waals surface area contributed by atoms with Gasteiger partial charge in [-0.25, -0.2) is 29.1 Å². The van der Waals surface area contributed by atoms with E-state index in [1.807, 2.05) is 0 Å². The van der Waals surface area contributed by atoms with Crippen LogP contribution in [0.3, 0.4) is 0 Å². The molecule has 10 nitrogen and oxygen atoms in total. The highest BCUT2D eigenvalue weighted by Gasteiger charge is 2.26. The van der Waals surface area contributed by atoms with Crippen molar-refractivity contribution in [1.29, 1.82) is 0 Å². The molecule has 0 spiro atoms. The lowest BCUT2D eigenvalue weighted by Gasteiger charge is -2.25. The van der Waals surface area contributed by atoms with Crippen LogP contribution in [0.2, 0.25) is 0 Å². The second kappa shape index (κ2) is 14.0. The molecule has 198 valence electrons. The van der Waals surface area contributed by atoms with Crippen LogP contribution in [0.15, 0.2) is 51.2 Å². The van der Waals surface area contributed by atoms with Gasteiger partial charge >= 0.3 is 0 Å². The molecular weight excluding hydrogens is 504 g/mol. The van der Waals surface area contributed by atoms with E-state index in [9.17, 15) is 13.6 Å². The van der Waals surface area contributed by atoms with Crippen LogP contribution in [0.1, 0.15) is 32.3 Å². The standard InChI is InChI=1S/C23H26FN7O3S.CH3F/c1-23(2,29-22(25)31(35)9-5-4-8-26-14-32)16-10-15(6-7-17(16)24)20-11-18(30-34-20)19-12-28-21(33-3)13-27-19;1-2/h6-7,10-13,35H,4-5,8-9H2,1-3H3,(H2,25,29);1H3. The topological polar surface area (TPSA) is 132 Å². The van der Waals surface area contributed by atoms with E-state index in [1.54, 1.807) is 32.0 Å². The molecule has 0 aliphatic heterocycles. The van der Waals surface area contributed by atoms with E-state index >= 15 is 0 Å². The summed E-state index contributed by atoms with van der Waals surface area (Å²) in [4.78, 5) is 26.5. The summed E-state index contributed by atoms with van der Waals surface area (Å²) in [6, 6.07) is 6.29. The van der Waals surface area contributed by atoms with Gasteiger partial charge in [0.05, 0.1) is 38.8 Å². The number of ether oxygens (including phenoxy) is 1. The van der Waals surface area contributed by atoms with E-state index < -0.39 is 11.4 Å². The summed E-state index contributed by atoms with van der Waals surface area (Å²) < 4.78 is 36.3.